The van der Waals surface area contributed by atoms with Crippen molar-refractivity contribution >= 4 is 23.5 Å². The number of nitrogens with one attached hydrogen (secondary N) is 1. The van der Waals surface area contributed by atoms with Crippen LogP contribution in [0.15, 0.2) is 82.8 Å². The highest BCUT2D eigenvalue weighted by atomic mass is 32.2. The number of Topliss-reactive ketones (excluding diaryl/α,β-unsaturated/α-hetero) is 1. The number of benzene rings is 2. The molecule has 162 valence electrons. The zero-order valence-electron chi connectivity index (χ0n) is 17.9. The smallest absolute Gasteiger partial charge is 0.251 e. The van der Waals surface area contributed by atoms with Crippen LogP contribution in [0.4, 0.5) is 0 Å². The molecule has 0 fully saturated rings. The Bertz CT molecular complexity index is 1250. The van der Waals surface area contributed by atoms with E-state index in [1.54, 1.807) is 30.7 Å². The third kappa shape index (κ3) is 5.00. The average Bonchev–Trinajstić information content (AvgIpc) is 3.49. The number of carbonyl (C=O) groups excluding carboxylic acids is 2. The molecule has 0 spiro atoms. The lowest BCUT2D eigenvalue weighted by molar-refractivity contribution is 0.0947. The maximum Gasteiger partial charge on any atom is 0.251 e. The molecule has 2 aromatic carbocycles. The van der Waals surface area contributed by atoms with Crippen molar-refractivity contribution in [1.29, 1.82) is 0 Å². The second-order valence-electron chi connectivity index (χ2n) is 7.42. The molecule has 7 heteroatoms. The molecule has 0 bridgehead atoms. The lowest BCUT2D eigenvalue weighted by Crippen LogP contribution is -2.22. The molecule has 32 heavy (non-hydrogen) atoms. The van der Waals surface area contributed by atoms with Gasteiger partial charge < -0.3 is 9.73 Å². The number of amides is 1. The Balaban J connectivity index is 1.46. The van der Waals surface area contributed by atoms with Crippen LogP contribution in [0.1, 0.15) is 37.6 Å². The van der Waals surface area contributed by atoms with E-state index in [9.17, 15) is 9.59 Å². The third-order valence-electron chi connectivity index (χ3n) is 5.02. The van der Waals surface area contributed by atoms with Crippen molar-refractivity contribution in [2.24, 2.45) is 0 Å². The number of carbonyl (C=O) groups is 2. The molecular formula is C25H23N3O3S. The van der Waals surface area contributed by atoms with Gasteiger partial charge in [-0.1, -0.05) is 35.5 Å². The summed E-state index contributed by atoms with van der Waals surface area (Å²) in [6.07, 6.45) is 5.09. The van der Waals surface area contributed by atoms with E-state index in [0.29, 0.717) is 23.0 Å². The van der Waals surface area contributed by atoms with Crippen molar-refractivity contribution < 1.29 is 14.0 Å². The zero-order valence-corrected chi connectivity index (χ0v) is 18.7. The van der Waals surface area contributed by atoms with Crippen molar-refractivity contribution in [3.05, 3.63) is 101 Å². The van der Waals surface area contributed by atoms with E-state index in [4.69, 9.17) is 4.42 Å². The number of aromatic nitrogens is 2. The summed E-state index contributed by atoms with van der Waals surface area (Å²) in [5.41, 5.74) is 4.11. The standard InChI is InChI=1S/C25H23N3O3S/c1-17-8-9-18(2)22(13-17)23(29)16-32-25-26-10-11-28(25)20-6-3-5-19(14-20)24(30)27-15-21-7-4-12-31-21/h3-14H,15-16H2,1-2H3,(H,27,30). The molecule has 0 unspecified atom stereocenters. The van der Waals surface area contributed by atoms with Crippen LogP contribution in [-0.4, -0.2) is 27.0 Å². The van der Waals surface area contributed by atoms with Crippen LogP contribution < -0.4 is 5.32 Å². The Morgan fingerprint density at radius 1 is 1.09 bits per heavy atom. The van der Waals surface area contributed by atoms with Gasteiger partial charge in [0.1, 0.15) is 5.76 Å². The fraction of sp³-hybridized carbons (Fsp3) is 0.160. The Morgan fingerprint density at radius 2 is 1.97 bits per heavy atom. The van der Waals surface area contributed by atoms with Crippen molar-refractivity contribution in [3.8, 4) is 5.69 Å². The van der Waals surface area contributed by atoms with Crippen molar-refractivity contribution in [2.45, 2.75) is 25.5 Å². The first-order valence-electron chi connectivity index (χ1n) is 10.2. The molecule has 4 aromatic rings. The Kier molecular flexibility index (Phi) is 6.56. The van der Waals surface area contributed by atoms with Crippen LogP contribution >= 0.6 is 11.8 Å². The lowest BCUT2D eigenvalue weighted by atomic mass is 10.0. The molecule has 0 aliphatic heterocycles. The molecular weight excluding hydrogens is 422 g/mol. The molecule has 4 rings (SSSR count). The van der Waals surface area contributed by atoms with Gasteiger partial charge in [0.25, 0.3) is 5.91 Å². The van der Waals surface area contributed by atoms with Gasteiger partial charge in [-0.05, 0) is 55.8 Å². The normalized spacial score (nSPS) is 10.8. The van der Waals surface area contributed by atoms with Gasteiger partial charge in [-0.3, -0.25) is 14.2 Å². The first-order chi connectivity index (χ1) is 15.5. The number of nitrogens with zero attached hydrogens (tertiary/aromatic N) is 2. The summed E-state index contributed by atoms with van der Waals surface area (Å²) >= 11 is 1.38. The number of imidazole rings is 1. The van der Waals surface area contributed by atoms with Gasteiger partial charge >= 0.3 is 0 Å². The summed E-state index contributed by atoms with van der Waals surface area (Å²) in [5, 5.41) is 3.54. The van der Waals surface area contributed by atoms with Gasteiger partial charge in [0, 0.05) is 29.2 Å². The predicted octanol–water partition coefficient (Wildman–Crippen LogP) is 4.99. The zero-order chi connectivity index (χ0) is 22.5. The second kappa shape index (κ2) is 9.70. The highest BCUT2D eigenvalue weighted by Crippen LogP contribution is 2.23. The maximum atomic E-state index is 12.8. The summed E-state index contributed by atoms with van der Waals surface area (Å²) in [7, 11) is 0. The summed E-state index contributed by atoms with van der Waals surface area (Å²) in [4.78, 5) is 29.7. The van der Waals surface area contributed by atoms with E-state index in [1.807, 2.05) is 61.0 Å². The van der Waals surface area contributed by atoms with Crippen LogP contribution in [0.2, 0.25) is 0 Å². The molecule has 1 N–H and O–H groups in total. The molecule has 0 saturated heterocycles. The van der Waals surface area contributed by atoms with Crippen molar-refractivity contribution in [1.82, 2.24) is 14.9 Å². The fourth-order valence-electron chi connectivity index (χ4n) is 3.32. The van der Waals surface area contributed by atoms with E-state index in [-0.39, 0.29) is 17.4 Å². The molecule has 0 radical (unpaired) electrons. The van der Waals surface area contributed by atoms with Gasteiger partial charge in [0.2, 0.25) is 0 Å². The van der Waals surface area contributed by atoms with Gasteiger partial charge in [-0.15, -0.1) is 0 Å². The van der Waals surface area contributed by atoms with Gasteiger partial charge in [-0.2, -0.15) is 0 Å². The van der Waals surface area contributed by atoms with E-state index < -0.39 is 0 Å². The number of thioether (sulfide) groups is 1. The number of aryl methyl sites for hydroxylation is 2. The highest BCUT2D eigenvalue weighted by molar-refractivity contribution is 7.99. The molecule has 0 atom stereocenters. The SMILES string of the molecule is Cc1ccc(C)c(C(=O)CSc2nccn2-c2cccc(C(=O)NCc3ccco3)c2)c1. The maximum absolute atomic E-state index is 12.8. The monoisotopic (exact) mass is 445 g/mol. The first kappa shape index (κ1) is 21.6. The first-order valence-corrected chi connectivity index (χ1v) is 11.2. The van der Waals surface area contributed by atoms with Gasteiger partial charge in [-0.25, -0.2) is 4.98 Å². The summed E-state index contributed by atoms with van der Waals surface area (Å²) < 4.78 is 7.13. The van der Waals surface area contributed by atoms with Gasteiger partial charge in [0.05, 0.1) is 18.6 Å². The summed E-state index contributed by atoms with van der Waals surface area (Å²) in [5.74, 6) is 0.848. The van der Waals surface area contributed by atoms with Crippen LogP contribution in [0.5, 0.6) is 0 Å². The molecule has 2 heterocycles. The van der Waals surface area contributed by atoms with Crippen LogP contribution in [-0.2, 0) is 6.54 Å². The minimum Gasteiger partial charge on any atom is -0.467 e. The summed E-state index contributed by atoms with van der Waals surface area (Å²) in [6, 6.07) is 16.8. The Morgan fingerprint density at radius 3 is 2.78 bits per heavy atom. The van der Waals surface area contributed by atoms with Crippen molar-refractivity contribution in [2.75, 3.05) is 5.75 Å². The number of hydrogen-bond donors (Lipinski definition) is 1. The molecule has 0 saturated carbocycles. The van der Waals surface area contributed by atoms with E-state index in [2.05, 4.69) is 10.3 Å². The minimum atomic E-state index is -0.192. The number of hydrogen-bond acceptors (Lipinski definition) is 5. The second-order valence-corrected chi connectivity index (χ2v) is 8.36. The minimum absolute atomic E-state index is 0.0665. The summed E-state index contributed by atoms with van der Waals surface area (Å²) in [6.45, 7) is 4.25. The van der Waals surface area contributed by atoms with E-state index >= 15 is 0 Å². The molecule has 2 aromatic heterocycles. The average molecular weight is 446 g/mol. The molecule has 6 nitrogen and oxygen atoms in total. The molecule has 1 amide bonds. The molecule has 0 aliphatic carbocycles. The van der Waals surface area contributed by atoms with E-state index in [1.165, 1.54) is 11.8 Å². The number of furan rings is 1. The third-order valence-corrected chi connectivity index (χ3v) is 5.99. The van der Waals surface area contributed by atoms with E-state index in [0.717, 1.165) is 22.4 Å². The predicted molar refractivity (Wildman–Crippen MR) is 124 cm³/mol. The van der Waals surface area contributed by atoms with Crippen LogP contribution in [0.3, 0.4) is 0 Å². The highest BCUT2D eigenvalue weighted by Gasteiger charge is 2.14. The molecule has 0 aliphatic rings. The Hall–Kier alpha value is -3.58. The largest absolute Gasteiger partial charge is 0.467 e. The Labute approximate surface area is 190 Å². The quantitative estimate of drug-likeness (QED) is 0.305. The number of rotatable bonds is 8. The fourth-order valence-corrected chi connectivity index (χ4v) is 4.17. The van der Waals surface area contributed by atoms with Gasteiger partial charge in [0.15, 0.2) is 10.9 Å². The topological polar surface area (TPSA) is 77.1 Å². The van der Waals surface area contributed by atoms with Crippen molar-refractivity contribution in [3.63, 3.8) is 0 Å². The van der Waals surface area contributed by atoms with Crippen LogP contribution in [0, 0.1) is 13.8 Å². The number of ketones is 1. The van der Waals surface area contributed by atoms with Crippen LogP contribution in [0.25, 0.3) is 5.69 Å². The lowest BCUT2D eigenvalue weighted by Gasteiger charge is -2.10.